The van der Waals surface area contributed by atoms with E-state index in [1.807, 2.05) is 18.2 Å². The lowest BCUT2D eigenvalue weighted by Crippen LogP contribution is -2.49. The number of ether oxygens (including phenoxy) is 1. The molecule has 3 rings (SSSR count). The molecule has 116 valence electrons. The monoisotopic (exact) mass is 365 g/mol. The highest BCUT2D eigenvalue weighted by molar-refractivity contribution is 9.10. The summed E-state index contributed by atoms with van der Waals surface area (Å²) in [7, 11) is 0. The average molecular weight is 366 g/mol. The van der Waals surface area contributed by atoms with Crippen LogP contribution < -0.4 is 4.74 Å². The van der Waals surface area contributed by atoms with Gasteiger partial charge in [0.05, 0.1) is 5.57 Å². The van der Waals surface area contributed by atoms with Gasteiger partial charge in [-0.2, -0.15) is 0 Å². The zero-order valence-electron chi connectivity index (χ0n) is 11.9. The Labute approximate surface area is 136 Å². The number of aliphatic carboxylic acids is 1. The van der Waals surface area contributed by atoms with Gasteiger partial charge in [0.1, 0.15) is 18.4 Å². The number of hydrogen-bond acceptors (Lipinski definition) is 3. The lowest BCUT2D eigenvalue weighted by molar-refractivity contribution is -0.150. The molecule has 1 amide bonds. The number of benzene rings is 1. The molecule has 1 aromatic carbocycles. The summed E-state index contributed by atoms with van der Waals surface area (Å²) in [4.78, 5) is 25.5. The third kappa shape index (κ3) is 2.88. The second kappa shape index (κ2) is 6.12. The first-order chi connectivity index (χ1) is 10.6. The summed E-state index contributed by atoms with van der Waals surface area (Å²) in [6.45, 7) is 0.661. The van der Waals surface area contributed by atoms with E-state index in [2.05, 4.69) is 15.9 Å². The van der Waals surface area contributed by atoms with Gasteiger partial charge in [-0.1, -0.05) is 15.9 Å². The highest BCUT2D eigenvalue weighted by Gasteiger charge is 2.34. The number of carboxylic acids is 1. The van der Waals surface area contributed by atoms with Gasteiger partial charge in [-0.25, -0.2) is 4.79 Å². The summed E-state index contributed by atoms with van der Waals surface area (Å²) in [6.07, 6.45) is 3.98. The fourth-order valence-electron chi connectivity index (χ4n) is 2.89. The zero-order chi connectivity index (χ0) is 15.7. The Bertz CT molecular complexity index is 656. The van der Waals surface area contributed by atoms with Crippen molar-refractivity contribution in [1.29, 1.82) is 0 Å². The smallest absolute Gasteiger partial charge is 0.326 e. The Morgan fingerprint density at radius 2 is 2.14 bits per heavy atom. The number of halogens is 1. The highest BCUT2D eigenvalue weighted by Crippen LogP contribution is 2.30. The molecule has 1 fully saturated rings. The standard InChI is InChI=1S/C16H16BrNO4/c17-12-4-5-14-10(8-12)7-11(9-22-14)15(19)18-6-2-1-3-13(18)16(20)21/h4-5,7-8,13H,1-3,6,9H2,(H,20,21)/t13-/m1/s1. The molecule has 0 spiro atoms. The summed E-state index contributed by atoms with van der Waals surface area (Å²) in [5, 5.41) is 9.30. The van der Waals surface area contributed by atoms with E-state index >= 15 is 0 Å². The number of fused-ring (bicyclic) bond motifs is 1. The first kappa shape index (κ1) is 15.1. The predicted octanol–water partition coefficient (Wildman–Crippen LogP) is 2.69. The van der Waals surface area contributed by atoms with E-state index < -0.39 is 12.0 Å². The molecule has 2 aliphatic rings. The van der Waals surface area contributed by atoms with Gasteiger partial charge in [0.15, 0.2) is 0 Å². The minimum Gasteiger partial charge on any atom is -0.488 e. The average Bonchev–Trinajstić information content (AvgIpc) is 2.53. The highest BCUT2D eigenvalue weighted by atomic mass is 79.9. The van der Waals surface area contributed by atoms with Gasteiger partial charge in [-0.15, -0.1) is 0 Å². The van der Waals surface area contributed by atoms with Crippen LogP contribution >= 0.6 is 15.9 Å². The molecule has 22 heavy (non-hydrogen) atoms. The minimum atomic E-state index is -0.937. The molecule has 0 bridgehead atoms. The van der Waals surface area contributed by atoms with E-state index in [1.54, 1.807) is 6.08 Å². The number of likely N-dealkylation sites (tertiary alicyclic amines) is 1. The van der Waals surface area contributed by atoms with Gasteiger partial charge in [-0.05, 0) is 43.5 Å². The maximum absolute atomic E-state index is 12.7. The SMILES string of the molecule is O=C(O)[C@H]1CCCCN1C(=O)C1=Cc2cc(Br)ccc2OC1. The molecule has 0 unspecified atom stereocenters. The topological polar surface area (TPSA) is 66.8 Å². The minimum absolute atomic E-state index is 0.177. The number of nitrogens with zero attached hydrogens (tertiary/aromatic N) is 1. The lowest BCUT2D eigenvalue weighted by atomic mass is 9.99. The van der Waals surface area contributed by atoms with Crippen LogP contribution in [0.5, 0.6) is 5.75 Å². The predicted molar refractivity (Wildman–Crippen MR) is 84.6 cm³/mol. The summed E-state index contributed by atoms with van der Waals surface area (Å²) in [5.41, 5.74) is 1.33. The van der Waals surface area contributed by atoms with Crippen LogP contribution in [0.25, 0.3) is 6.08 Å². The second-order valence-corrected chi connectivity index (χ2v) is 6.40. The van der Waals surface area contributed by atoms with Crippen molar-refractivity contribution in [3.8, 4) is 5.75 Å². The molecule has 0 aromatic heterocycles. The van der Waals surface area contributed by atoms with Crippen molar-refractivity contribution in [2.75, 3.05) is 13.2 Å². The Hall–Kier alpha value is -1.82. The summed E-state index contributed by atoms with van der Waals surface area (Å²) in [5.74, 6) is -0.445. The van der Waals surface area contributed by atoms with Crippen molar-refractivity contribution >= 4 is 33.9 Å². The van der Waals surface area contributed by atoms with Crippen molar-refractivity contribution in [3.05, 3.63) is 33.8 Å². The number of piperidine rings is 1. The van der Waals surface area contributed by atoms with Crippen LogP contribution in [-0.2, 0) is 9.59 Å². The number of carbonyl (C=O) groups excluding carboxylic acids is 1. The van der Waals surface area contributed by atoms with Crippen LogP contribution in [0.3, 0.4) is 0 Å². The Balaban J connectivity index is 1.87. The Kier molecular flexibility index (Phi) is 4.20. The first-order valence-electron chi connectivity index (χ1n) is 7.23. The molecule has 0 aliphatic carbocycles. The fourth-order valence-corrected chi connectivity index (χ4v) is 3.27. The van der Waals surface area contributed by atoms with Gasteiger partial charge in [0, 0.05) is 16.6 Å². The third-order valence-electron chi connectivity index (χ3n) is 4.01. The first-order valence-corrected chi connectivity index (χ1v) is 8.02. The van der Waals surface area contributed by atoms with Crippen molar-refractivity contribution in [1.82, 2.24) is 4.90 Å². The van der Waals surface area contributed by atoms with Gasteiger partial charge < -0.3 is 14.7 Å². The van der Waals surface area contributed by atoms with E-state index in [0.29, 0.717) is 18.5 Å². The van der Waals surface area contributed by atoms with Crippen LogP contribution in [-0.4, -0.2) is 41.1 Å². The number of carbonyl (C=O) groups is 2. The van der Waals surface area contributed by atoms with E-state index in [4.69, 9.17) is 4.74 Å². The van der Waals surface area contributed by atoms with Crippen LogP contribution in [0.4, 0.5) is 0 Å². The largest absolute Gasteiger partial charge is 0.488 e. The van der Waals surface area contributed by atoms with Crippen molar-refractivity contribution in [3.63, 3.8) is 0 Å². The fraction of sp³-hybridized carbons (Fsp3) is 0.375. The molecular weight excluding hydrogens is 350 g/mol. The maximum Gasteiger partial charge on any atom is 0.326 e. The zero-order valence-corrected chi connectivity index (χ0v) is 13.5. The van der Waals surface area contributed by atoms with E-state index in [9.17, 15) is 14.7 Å². The molecule has 6 heteroatoms. The van der Waals surface area contributed by atoms with Gasteiger partial charge >= 0.3 is 5.97 Å². The quantitative estimate of drug-likeness (QED) is 0.874. The van der Waals surface area contributed by atoms with Gasteiger partial charge in [0.25, 0.3) is 5.91 Å². The van der Waals surface area contributed by atoms with Gasteiger partial charge in [-0.3, -0.25) is 4.79 Å². The maximum atomic E-state index is 12.7. The number of amides is 1. The van der Waals surface area contributed by atoms with Crippen LogP contribution in [0.2, 0.25) is 0 Å². The molecule has 1 atom stereocenters. The molecule has 0 radical (unpaired) electrons. The molecule has 2 heterocycles. The molecule has 1 aromatic rings. The van der Waals surface area contributed by atoms with E-state index in [1.165, 1.54) is 4.90 Å². The van der Waals surface area contributed by atoms with Crippen molar-refractivity contribution in [2.24, 2.45) is 0 Å². The lowest BCUT2D eigenvalue weighted by Gasteiger charge is -2.34. The molecule has 2 aliphatic heterocycles. The normalized spacial score (nSPS) is 20.7. The molecular formula is C16H16BrNO4. The Morgan fingerprint density at radius 1 is 1.32 bits per heavy atom. The Morgan fingerprint density at radius 3 is 2.91 bits per heavy atom. The number of rotatable bonds is 2. The molecule has 0 saturated carbocycles. The summed E-state index contributed by atoms with van der Waals surface area (Å²) < 4.78 is 6.52. The third-order valence-corrected chi connectivity index (χ3v) is 4.50. The van der Waals surface area contributed by atoms with Crippen LogP contribution in [0.1, 0.15) is 24.8 Å². The summed E-state index contributed by atoms with van der Waals surface area (Å²) >= 11 is 3.39. The molecule has 1 N–H and O–H groups in total. The van der Waals surface area contributed by atoms with Crippen molar-refractivity contribution in [2.45, 2.75) is 25.3 Å². The second-order valence-electron chi connectivity index (χ2n) is 5.49. The molecule has 5 nitrogen and oxygen atoms in total. The number of hydrogen-bond donors (Lipinski definition) is 1. The summed E-state index contributed by atoms with van der Waals surface area (Å²) in [6, 6.07) is 4.88. The van der Waals surface area contributed by atoms with E-state index in [-0.39, 0.29) is 12.5 Å². The van der Waals surface area contributed by atoms with Crippen LogP contribution in [0, 0.1) is 0 Å². The van der Waals surface area contributed by atoms with Crippen molar-refractivity contribution < 1.29 is 19.4 Å². The van der Waals surface area contributed by atoms with E-state index in [0.717, 1.165) is 28.6 Å². The van der Waals surface area contributed by atoms with Crippen LogP contribution in [0.15, 0.2) is 28.2 Å². The number of carboxylic acid groups (broad SMARTS) is 1. The molecule has 1 saturated heterocycles. The van der Waals surface area contributed by atoms with Gasteiger partial charge in [0.2, 0.25) is 0 Å².